The van der Waals surface area contributed by atoms with Gasteiger partial charge in [0.1, 0.15) is 11.4 Å². The van der Waals surface area contributed by atoms with Crippen molar-refractivity contribution in [3.05, 3.63) is 46.9 Å². The van der Waals surface area contributed by atoms with Crippen LogP contribution in [0.2, 0.25) is 0 Å². The number of halogens is 1. The first kappa shape index (κ1) is 13.8. The Hall–Kier alpha value is -2.17. The summed E-state index contributed by atoms with van der Waals surface area (Å²) in [6.07, 6.45) is 1.66. The lowest BCUT2D eigenvalue weighted by Gasteiger charge is -2.32. The van der Waals surface area contributed by atoms with Gasteiger partial charge in [-0.05, 0) is 30.5 Å². The lowest BCUT2D eigenvalue weighted by molar-refractivity contribution is -0.138. The number of benzene rings is 1. The normalized spacial score (nSPS) is 21.5. The average molecular weight is 289 g/mol. The molecule has 0 aromatic heterocycles. The predicted octanol–water partition coefficient (Wildman–Crippen LogP) is 2.01. The topological polar surface area (TPSA) is 46.6 Å². The number of rotatable bonds is 2. The smallest absolute Gasteiger partial charge is 0.343 e. The SMILES string of the molecule is COC(=O)C1=C2CCCN2CC(c2ccc(F)cc2)C1=O. The number of carbonyl (C=O) groups excluding carboxylic acids is 2. The summed E-state index contributed by atoms with van der Waals surface area (Å²) in [4.78, 5) is 26.7. The molecule has 2 heterocycles. The van der Waals surface area contributed by atoms with Gasteiger partial charge in [-0.2, -0.15) is 0 Å². The quantitative estimate of drug-likeness (QED) is 0.617. The summed E-state index contributed by atoms with van der Waals surface area (Å²) in [5.41, 5.74) is 1.69. The Morgan fingerprint density at radius 1 is 1.33 bits per heavy atom. The van der Waals surface area contributed by atoms with Gasteiger partial charge >= 0.3 is 5.97 Å². The largest absolute Gasteiger partial charge is 0.465 e. The van der Waals surface area contributed by atoms with E-state index in [0.29, 0.717) is 6.54 Å². The summed E-state index contributed by atoms with van der Waals surface area (Å²) in [6.45, 7) is 1.38. The number of methoxy groups -OCH3 is 1. The number of carbonyl (C=O) groups is 2. The highest BCUT2D eigenvalue weighted by Gasteiger charge is 2.40. The van der Waals surface area contributed by atoms with E-state index >= 15 is 0 Å². The summed E-state index contributed by atoms with van der Waals surface area (Å²) >= 11 is 0. The maximum absolute atomic E-state index is 13.0. The molecule has 21 heavy (non-hydrogen) atoms. The van der Waals surface area contributed by atoms with Crippen molar-refractivity contribution in [2.75, 3.05) is 20.2 Å². The van der Waals surface area contributed by atoms with Gasteiger partial charge in [0, 0.05) is 18.8 Å². The first-order chi connectivity index (χ1) is 10.1. The van der Waals surface area contributed by atoms with E-state index in [1.165, 1.54) is 19.2 Å². The summed E-state index contributed by atoms with van der Waals surface area (Å²) in [7, 11) is 1.28. The number of ether oxygens (including phenoxy) is 1. The molecule has 2 aliphatic heterocycles. The van der Waals surface area contributed by atoms with Crippen LogP contribution in [-0.4, -0.2) is 36.9 Å². The van der Waals surface area contributed by atoms with Gasteiger partial charge in [0.15, 0.2) is 5.78 Å². The molecule has 0 amide bonds. The summed E-state index contributed by atoms with van der Waals surface area (Å²) in [6, 6.07) is 5.88. The second-order valence-corrected chi connectivity index (χ2v) is 5.33. The van der Waals surface area contributed by atoms with Gasteiger partial charge in [-0.15, -0.1) is 0 Å². The van der Waals surface area contributed by atoms with Gasteiger partial charge in [-0.1, -0.05) is 12.1 Å². The average Bonchev–Trinajstić information content (AvgIpc) is 2.95. The zero-order valence-electron chi connectivity index (χ0n) is 11.8. The lowest BCUT2D eigenvalue weighted by atomic mass is 9.86. The summed E-state index contributed by atoms with van der Waals surface area (Å²) < 4.78 is 17.8. The third kappa shape index (κ3) is 2.33. The van der Waals surface area contributed by atoms with Crippen LogP contribution in [0.15, 0.2) is 35.5 Å². The van der Waals surface area contributed by atoms with E-state index in [2.05, 4.69) is 4.90 Å². The molecule has 0 aliphatic carbocycles. The fourth-order valence-electron chi connectivity index (χ4n) is 3.11. The van der Waals surface area contributed by atoms with Crippen LogP contribution < -0.4 is 0 Å². The molecule has 2 aliphatic rings. The Kier molecular flexibility index (Phi) is 3.49. The van der Waals surface area contributed by atoms with E-state index in [9.17, 15) is 14.0 Å². The Morgan fingerprint density at radius 3 is 2.71 bits per heavy atom. The van der Waals surface area contributed by atoms with Crippen LogP contribution in [0.5, 0.6) is 0 Å². The molecular weight excluding hydrogens is 273 g/mol. The van der Waals surface area contributed by atoms with Gasteiger partial charge in [0.25, 0.3) is 0 Å². The molecule has 1 atom stereocenters. The van der Waals surface area contributed by atoms with Crippen molar-refractivity contribution < 1.29 is 18.7 Å². The molecule has 1 saturated heterocycles. The van der Waals surface area contributed by atoms with Crippen molar-refractivity contribution >= 4 is 11.8 Å². The fraction of sp³-hybridized carbons (Fsp3) is 0.375. The van der Waals surface area contributed by atoms with Gasteiger partial charge in [0.2, 0.25) is 0 Å². The molecule has 110 valence electrons. The zero-order valence-corrected chi connectivity index (χ0v) is 11.8. The zero-order chi connectivity index (χ0) is 15.0. The van der Waals surface area contributed by atoms with E-state index in [0.717, 1.165) is 30.6 Å². The number of fused-ring (bicyclic) bond motifs is 1. The minimum atomic E-state index is -0.575. The molecule has 1 unspecified atom stereocenters. The lowest BCUT2D eigenvalue weighted by Crippen LogP contribution is -2.38. The first-order valence-corrected chi connectivity index (χ1v) is 6.98. The number of allylic oxidation sites excluding steroid dienone is 1. The van der Waals surface area contributed by atoms with Crippen molar-refractivity contribution in [3.8, 4) is 0 Å². The summed E-state index contributed by atoms with van der Waals surface area (Å²) in [5, 5.41) is 0. The van der Waals surface area contributed by atoms with E-state index in [1.54, 1.807) is 12.1 Å². The highest BCUT2D eigenvalue weighted by atomic mass is 19.1. The number of nitrogens with zero attached hydrogens (tertiary/aromatic N) is 1. The molecule has 1 aromatic rings. The first-order valence-electron chi connectivity index (χ1n) is 6.98. The van der Waals surface area contributed by atoms with Crippen LogP contribution >= 0.6 is 0 Å². The minimum Gasteiger partial charge on any atom is -0.465 e. The van der Waals surface area contributed by atoms with Crippen molar-refractivity contribution in [3.63, 3.8) is 0 Å². The van der Waals surface area contributed by atoms with E-state index < -0.39 is 11.9 Å². The highest BCUT2D eigenvalue weighted by Crippen LogP contribution is 2.36. The molecule has 0 bridgehead atoms. The van der Waals surface area contributed by atoms with Gasteiger partial charge in [0.05, 0.1) is 13.0 Å². The number of Topliss-reactive ketones (excluding diaryl/α,β-unsaturated/α-hetero) is 1. The monoisotopic (exact) mass is 289 g/mol. The fourth-order valence-corrected chi connectivity index (χ4v) is 3.11. The van der Waals surface area contributed by atoms with Crippen LogP contribution in [0.4, 0.5) is 4.39 Å². The van der Waals surface area contributed by atoms with E-state index in [4.69, 9.17) is 4.74 Å². The molecular formula is C16H16FNO3. The predicted molar refractivity (Wildman–Crippen MR) is 74.0 cm³/mol. The van der Waals surface area contributed by atoms with Crippen LogP contribution in [-0.2, 0) is 14.3 Å². The molecule has 0 saturated carbocycles. The Labute approximate surface area is 122 Å². The summed E-state index contributed by atoms with van der Waals surface area (Å²) in [5.74, 6) is -1.58. The molecule has 0 N–H and O–H groups in total. The molecule has 1 fully saturated rings. The van der Waals surface area contributed by atoms with E-state index in [1.807, 2.05) is 0 Å². The number of esters is 1. The number of hydrogen-bond donors (Lipinski definition) is 0. The third-order valence-electron chi connectivity index (χ3n) is 4.14. The Morgan fingerprint density at radius 2 is 2.05 bits per heavy atom. The molecule has 3 rings (SSSR count). The van der Waals surface area contributed by atoms with E-state index in [-0.39, 0.29) is 17.2 Å². The Balaban J connectivity index is 2.01. The molecule has 1 aromatic carbocycles. The van der Waals surface area contributed by atoms with Gasteiger partial charge in [-0.3, -0.25) is 4.79 Å². The Bertz CT molecular complexity index is 621. The van der Waals surface area contributed by atoms with Gasteiger partial charge < -0.3 is 9.64 Å². The van der Waals surface area contributed by atoms with Crippen LogP contribution in [0.3, 0.4) is 0 Å². The van der Waals surface area contributed by atoms with Crippen molar-refractivity contribution in [1.29, 1.82) is 0 Å². The van der Waals surface area contributed by atoms with Crippen molar-refractivity contribution in [2.24, 2.45) is 0 Å². The van der Waals surface area contributed by atoms with Crippen LogP contribution in [0.1, 0.15) is 24.3 Å². The van der Waals surface area contributed by atoms with Gasteiger partial charge in [-0.25, -0.2) is 9.18 Å². The maximum Gasteiger partial charge on any atom is 0.343 e. The second kappa shape index (κ2) is 5.31. The van der Waals surface area contributed by atoms with Crippen LogP contribution in [0.25, 0.3) is 0 Å². The minimum absolute atomic E-state index is 0.163. The second-order valence-electron chi connectivity index (χ2n) is 5.33. The van der Waals surface area contributed by atoms with Crippen molar-refractivity contribution in [1.82, 2.24) is 4.90 Å². The maximum atomic E-state index is 13.0. The molecule has 0 radical (unpaired) electrons. The standard InChI is InChI=1S/C16H16FNO3/c1-21-16(20)14-13-3-2-8-18(13)9-12(15(14)19)10-4-6-11(17)7-5-10/h4-7,12H,2-3,8-9H2,1H3. The number of hydrogen-bond acceptors (Lipinski definition) is 4. The van der Waals surface area contributed by atoms with Crippen molar-refractivity contribution in [2.45, 2.75) is 18.8 Å². The third-order valence-corrected chi connectivity index (χ3v) is 4.14. The molecule has 0 spiro atoms. The number of ketones is 1. The molecule has 5 heteroatoms. The van der Waals surface area contributed by atoms with Crippen LogP contribution in [0, 0.1) is 5.82 Å². The highest BCUT2D eigenvalue weighted by molar-refractivity contribution is 6.20. The molecule has 4 nitrogen and oxygen atoms in total.